The second-order valence-electron chi connectivity index (χ2n) is 4.51. The summed E-state index contributed by atoms with van der Waals surface area (Å²) in [5.74, 6) is 2.68. The molecule has 0 spiro atoms. The standard InChI is InChI=1S/C13H15N3O3/c1-17-10-5-8(9(14)6-11(10)18-2)13-16-15-12(19-13)7-3-4-7/h5-7H,3-4,14H2,1-2H3. The monoisotopic (exact) mass is 261 g/mol. The van der Waals surface area contributed by atoms with Gasteiger partial charge >= 0.3 is 0 Å². The minimum absolute atomic E-state index is 0.417. The van der Waals surface area contributed by atoms with Gasteiger partial charge in [-0.1, -0.05) is 0 Å². The Morgan fingerprint density at radius 2 is 1.84 bits per heavy atom. The molecule has 3 rings (SSSR count). The van der Waals surface area contributed by atoms with Gasteiger partial charge in [-0.2, -0.15) is 0 Å². The number of benzene rings is 1. The summed E-state index contributed by atoms with van der Waals surface area (Å²) < 4.78 is 16.1. The number of rotatable bonds is 4. The van der Waals surface area contributed by atoms with Gasteiger partial charge in [0.05, 0.1) is 19.8 Å². The molecule has 100 valence electrons. The highest BCUT2D eigenvalue weighted by Crippen LogP contribution is 2.41. The molecule has 1 aliphatic carbocycles. The van der Waals surface area contributed by atoms with Crippen molar-refractivity contribution < 1.29 is 13.9 Å². The second kappa shape index (κ2) is 4.46. The molecule has 0 radical (unpaired) electrons. The van der Waals surface area contributed by atoms with Gasteiger partial charge in [-0.3, -0.25) is 0 Å². The number of ether oxygens (including phenoxy) is 2. The first-order chi connectivity index (χ1) is 9.22. The second-order valence-corrected chi connectivity index (χ2v) is 4.51. The summed E-state index contributed by atoms with van der Waals surface area (Å²) in [6.45, 7) is 0. The lowest BCUT2D eigenvalue weighted by atomic mass is 10.1. The summed E-state index contributed by atoms with van der Waals surface area (Å²) in [5, 5.41) is 8.10. The highest BCUT2D eigenvalue weighted by Gasteiger charge is 2.30. The van der Waals surface area contributed by atoms with Gasteiger partial charge < -0.3 is 19.6 Å². The number of hydrogen-bond acceptors (Lipinski definition) is 6. The Hall–Kier alpha value is -2.24. The fourth-order valence-electron chi connectivity index (χ4n) is 1.92. The molecule has 6 heteroatoms. The van der Waals surface area contributed by atoms with Gasteiger partial charge in [-0.25, -0.2) is 0 Å². The van der Waals surface area contributed by atoms with Gasteiger partial charge in [0.25, 0.3) is 0 Å². The van der Waals surface area contributed by atoms with Crippen LogP contribution in [0.25, 0.3) is 11.5 Å². The van der Waals surface area contributed by atoms with Gasteiger partial charge in [0.1, 0.15) is 0 Å². The molecule has 1 saturated carbocycles. The highest BCUT2D eigenvalue weighted by molar-refractivity contribution is 5.74. The van der Waals surface area contributed by atoms with E-state index in [1.807, 2.05) is 0 Å². The molecule has 0 saturated heterocycles. The van der Waals surface area contributed by atoms with E-state index in [4.69, 9.17) is 19.6 Å². The third-order valence-electron chi connectivity index (χ3n) is 3.15. The van der Waals surface area contributed by atoms with Crippen LogP contribution in [0.4, 0.5) is 5.69 Å². The molecule has 0 bridgehead atoms. The highest BCUT2D eigenvalue weighted by atomic mass is 16.5. The van der Waals surface area contributed by atoms with Crippen LogP contribution in [0.3, 0.4) is 0 Å². The van der Waals surface area contributed by atoms with Crippen molar-refractivity contribution in [2.75, 3.05) is 20.0 Å². The van der Waals surface area contributed by atoms with Crippen molar-refractivity contribution >= 4 is 5.69 Å². The molecule has 1 fully saturated rings. The van der Waals surface area contributed by atoms with Crippen LogP contribution in [-0.2, 0) is 0 Å². The third kappa shape index (κ3) is 2.09. The van der Waals surface area contributed by atoms with Crippen LogP contribution in [0.2, 0.25) is 0 Å². The minimum Gasteiger partial charge on any atom is -0.493 e. The van der Waals surface area contributed by atoms with Gasteiger partial charge in [0.2, 0.25) is 11.8 Å². The van der Waals surface area contributed by atoms with Crippen LogP contribution in [0.15, 0.2) is 16.5 Å². The Morgan fingerprint density at radius 1 is 1.16 bits per heavy atom. The van der Waals surface area contributed by atoms with Crippen LogP contribution in [0, 0.1) is 0 Å². The average Bonchev–Trinajstić information content (AvgIpc) is 3.17. The lowest BCUT2D eigenvalue weighted by molar-refractivity contribution is 0.355. The molecular formula is C13H15N3O3. The lowest BCUT2D eigenvalue weighted by Crippen LogP contribution is -1.96. The number of hydrogen-bond donors (Lipinski definition) is 1. The number of nitrogen functional groups attached to an aromatic ring is 1. The van der Waals surface area contributed by atoms with Crippen LogP contribution in [-0.4, -0.2) is 24.4 Å². The molecule has 0 aliphatic heterocycles. The van der Waals surface area contributed by atoms with E-state index in [1.165, 1.54) is 0 Å². The van der Waals surface area contributed by atoms with Crippen molar-refractivity contribution in [2.45, 2.75) is 18.8 Å². The maximum absolute atomic E-state index is 5.99. The average molecular weight is 261 g/mol. The summed E-state index contributed by atoms with van der Waals surface area (Å²) in [5.41, 5.74) is 7.17. The molecular weight excluding hydrogens is 246 g/mol. The smallest absolute Gasteiger partial charge is 0.249 e. The van der Waals surface area contributed by atoms with Crippen LogP contribution in [0.1, 0.15) is 24.7 Å². The molecule has 1 heterocycles. The zero-order chi connectivity index (χ0) is 13.4. The normalized spacial score (nSPS) is 14.4. The molecule has 2 aromatic rings. The molecule has 1 aromatic heterocycles. The van der Waals surface area contributed by atoms with Gasteiger partial charge in [-0.05, 0) is 18.9 Å². The van der Waals surface area contributed by atoms with E-state index in [0.29, 0.717) is 40.4 Å². The minimum atomic E-state index is 0.417. The predicted octanol–water partition coefficient (Wildman–Crippen LogP) is 2.21. The zero-order valence-corrected chi connectivity index (χ0v) is 10.8. The fraction of sp³-hybridized carbons (Fsp3) is 0.385. The maximum atomic E-state index is 5.99. The van der Waals surface area contributed by atoms with E-state index in [2.05, 4.69) is 10.2 Å². The Bertz CT molecular complexity index is 605. The largest absolute Gasteiger partial charge is 0.493 e. The molecule has 6 nitrogen and oxygen atoms in total. The zero-order valence-electron chi connectivity index (χ0n) is 10.8. The Morgan fingerprint density at radius 3 is 2.47 bits per heavy atom. The van der Waals surface area contributed by atoms with Crippen LogP contribution < -0.4 is 15.2 Å². The van der Waals surface area contributed by atoms with E-state index in [-0.39, 0.29) is 0 Å². The summed E-state index contributed by atoms with van der Waals surface area (Å²) in [7, 11) is 3.14. The number of methoxy groups -OCH3 is 2. The first kappa shape index (κ1) is 11.8. The first-order valence-corrected chi connectivity index (χ1v) is 6.08. The van der Waals surface area contributed by atoms with Crippen molar-refractivity contribution in [1.29, 1.82) is 0 Å². The summed E-state index contributed by atoms with van der Waals surface area (Å²) in [4.78, 5) is 0. The topological polar surface area (TPSA) is 83.4 Å². The molecule has 0 unspecified atom stereocenters. The number of nitrogens with two attached hydrogens (primary N) is 1. The van der Waals surface area contributed by atoms with E-state index in [0.717, 1.165) is 12.8 Å². The third-order valence-corrected chi connectivity index (χ3v) is 3.15. The van der Waals surface area contributed by atoms with Crippen molar-refractivity contribution in [3.63, 3.8) is 0 Å². The summed E-state index contributed by atoms with van der Waals surface area (Å²) >= 11 is 0. The Balaban J connectivity index is 2.02. The number of nitrogens with zero attached hydrogens (tertiary/aromatic N) is 2. The van der Waals surface area contributed by atoms with E-state index >= 15 is 0 Å². The van der Waals surface area contributed by atoms with E-state index in [1.54, 1.807) is 26.4 Å². The van der Waals surface area contributed by atoms with Crippen LogP contribution in [0.5, 0.6) is 11.5 Å². The first-order valence-electron chi connectivity index (χ1n) is 6.08. The van der Waals surface area contributed by atoms with Crippen LogP contribution >= 0.6 is 0 Å². The van der Waals surface area contributed by atoms with Gasteiger partial charge in [0, 0.05) is 17.7 Å². The number of aromatic nitrogens is 2. The van der Waals surface area contributed by atoms with Crippen molar-refractivity contribution in [3.05, 3.63) is 18.0 Å². The van der Waals surface area contributed by atoms with Crippen molar-refractivity contribution in [1.82, 2.24) is 10.2 Å². The molecule has 0 amide bonds. The summed E-state index contributed by atoms with van der Waals surface area (Å²) in [6, 6.07) is 3.44. The predicted molar refractivity (Wildman–Crippen MR) is 69.2 cm³/mol. The molecule has 19 heavy (non-hydrogen) atoms. The SMILES string of the molecule is COc1cc(N)c(-c2nnc(C3CC3)o2)cc1OC. The summed E-state index contributed by atoms with van der Waals surface area (Å²) in [6.07, 6.45) is 2.23. The Labute approximate surface area is 110 Å². The molecule has 1 aromatic carbocycles. The lowest BCUT2D eigenvalue weighted by Gasteiger charge is -2.10. The molecule has 0 atom stereocenters. The van der Waals surface area contributed by atoms with Crippen molar-refractivity contribution in [3.8, 4) is 23.0 Å². The maximum Gasteiger partial charge on any atom is 0.249 e. The number of anilines is 1. The van der Waals surface area contributed by atoms with Gasteiger partial charge in [0.15, 0.2) is 11.5 Å². The van der Waals surface area contributed by atoms with Crippen molar-refractivity contribution in [2.24, 2.45) is 0 Å². The van der Waals surface area contributed by atoms with Gasteiger partial charge in [-0.15, -0.1) is 10.2 Å². The fourth-order valence-corrected chi connectivity index (χ4v) is 1.92. The molecule has 1 aliphatic rings. The van der Waals surface area contributed by atoms with E-state index in [9.17, 15) is 0 Å². The van der Waals surface area contributed by atoms with E-state index < -0.39 is 0 Å². The quantitative estimate of drug-likeness (QED) is 0.849. The Kier molecular flexibility index (Phi) is 2.77. The molecule has 2 N–H and O–H groups in total.